The summed E-state index contributed by atoms with van der Waals surface area (Å²) in [6, 6.07) is 3.83. The van der Waals surface area contributed by atoms with E-state index in [1.54, 1.807) is 20.8 Å². The zero-order chi connectivity index (χ0) is 14.1. The van der Waals surface area contributed by atoms with E-state index in [4.69, 9.17) is 5.73 Å². The molecule has 0 saturated heterocycles. The highest BCUT2D eigenvalue weighted by molar-refractivity contribution is 9.10. The van der Waals surface area contributed by atoms with E-state index >= 15 is 0 Å². The van der Waals surface area contributed by atoms with Gasteiger partial charge in [0.05, 0.1) is 11.1 Å². The molecule has 0 saturated carbocycles. The molecule has 0 aliphatic carbocycles. The van der Waals surface area contributed by atoms with Gasteiger partial charge in [-0.05, 0) is 39.0 Å². The van der Waals surface area contributed by atoms with Crippen LogP contribution in [0.15, 0.2) is 27.7 Å². The molecule has 1 aromatic carbocycles. The molecule has 0 spiro atoms. The van der Waals surface area contributed by atoms with Crippen molar-refractivity contribution in [3.05, 3.63) is 33.8 Å². The molecule has 0 atom stereocenters. The Kier molecular flexibility index (Phi) is 4.10. The molecular formula is C12H14BrF3N2. The molecular weight excluding hydrogens is 309 g/mol. The van der Waals surface area contributed by atoms with E-state index in [1.807, 2.05) is 0 Å². The molecule has 0 aromatic heterocycles. The second-order valence-electron chi connectivity index (χ2n) is 4.86. The fraction of sp³-hybridized carbons (Fsp3) is 0.417. The molecule has 0 unspecified atom stereocenters. The van der Waals surface area contributed by atoms with E-state index in [2.05, 4.69) is 20.9 Å². The van der Waals surface area contributed by atoms with Gasteiger partial charge in [0, 0.05) is 10.0 Å². The summed E-state index contributed by atoms with van der Waals surface area (Å²) in [5.41, 5.74) is 4.25. The number of benzene rings is 1. The Labute approximate surface area is 112 Å². The Morgan fingerprint density at radius 3 is 2.22 bits per heavy atom. The SMILES string of the molecule is CC(C)(C)N=C(N)c1ccc(Br)cc1C(F)(F)F. The lowest BCUT2D eigenvalue weighted by molar-refractivity contribution is -0.137. The Morgan fingerprint density at radius 1 is 1.22 bits per heavy atom. The van der Waals surface area contributed by atoms with Gasteiger partial charge in [0.15, 0.2) is 0 Å². The first kappa shape index (κ1) is 15.0. The molecule has 2 N–H and O–H groups in total. The van der Waals surface area contributed by atoms with Crippen LogP contribution in [0.5, 0.6) is 0 Å². The zero-order valence-electron chi connectivity index (χ0n) is 10.3. The fourth-order valence-corrected chi connectivity index (χ4v) is 1.76. The van der Waals surface area contributed by atoms with Gasteiger partial charge in [-0.3, -0.25) is 4.99 Å². The Morgan fingerprint density at radius 2 is 1.78 bits per heavy atom. The molecule has 1 rings (SSSR count). The quantitative estimate of drug-likeness (QED) is 0.616. The van der Waals surface area contributed by atoms with Gasteiger partial charge in [0.2, 0.25) is 0 Å². The van der Waals surface area contributed by atoms with E-state index < -0.39 is 17.3 Å². The van der Waals surface area contributed by atoms with Crippen LogP contribution < -0.4 is 5.73 Å². The van der Waals surface area contributed by atoms with Gasteiger partial charge in [-0.25, -0.2) is 0 Å². The van der Waals surface area contributed by atoms with E-state index in [0.29, 0.717) is 4.47 Å². The minimum atomic E-state index is -4.46. The summed E-state index contributed by atoms with van der Waals surface area (Å²) >= 11 is 3.02. The van der Waals surface area contributed by atoms with Gasteiger partial charge < -0.3 is 5.73 Å². The van der Waals surface area contributed by atoms with Crippen LogP contribution in [-0.2, 0) is 6.18 Å². The molecule has 0 aliphatic heterocycles. The summed E-state index contributed by atoms with van der Waals surface area (Å²) in [6.45, 7) is 5.31. The number of rotatable bonds is 1. The van der Waals surface area contributed by atoms with Crippen LogP contribution in [0.4, 0.5) is 13.2 Å². The number of nitrogens with two attached hydrogens (primary N) is 1. The molecule has 2 nitrogen and oxygen atoms in total. The third-order valence-corrected chi connectivity index (χ3v) is 2.51. The van der Waals surface area contributed by atoms with Crippen molar-refractivity contribution >= 4 is 21.8 Å². The van der Waals surface area contributed by atoms with E-state index in [-0.39, 0.29) is 11.4 Å². The van der Waals surface area contributed by atoms with E-state index in [0.717, 1.165) is 6.07 Å². The molecule has 0 amide bonds. The van der Waals surface area contributed by atoms with Crippen LogP contribution in [0, 0.1) is 0 Å². The average Bonchev–Trinajstić information content (AvgIpc) is 2.13. The minimum Gasteiger partial charge on any atom is -0.383 e. The summed E-state index contributed by atoms with van der Waals surface area (Å²) in [4.78, 5) is 4.06. The van der Waals surface area contributed by atoms with Crippen molar-refractivity contribution in [1.29, 1.82) is 0 Å². The first-order chi connectivity index (χ1) is 8.00. The van der Waals surface area contributed by atoms with Crippen molar-refractivity contribution in [3.63, 3.8) is 0 Å². The van der Waals surface area contributed by atoms with Crippen molar-refractivity contribution in [2.24, 2.45) is 10.7 Å². The molecule has 0 heterocycles. The van der Waals surface area contributed by atoms with Gasteiger partial charge in [-0.15, -0.1) is 0 Å². The van der Waals surface area contributed by atoms with Gasteiger partial charge in [-0.1, -0.05) is 15.9 Å². The molecule has 0 aliphatic rings. The largest absolute Gasteiger partial charge is 0.417 e. The van der Waals surface area contributed by atoms with Crippen LogP contribution in [0.25, 0.3) is 0 Å². The number of nitrogens with zero attached hydrogens (tertiary/aromatic N) is 1. The molecule has 1 aromatic rings. The Bertz CT molecular complexity index is 473. The van der Waals surface area contributed by atoms with Crippen LogP contribution in [0.2, 0.25) is 0 Å². The van der Waals surface area contributed by atoms with Crippen LogP contribution >= 0.6 is 15.9 Å². The summed E-state index contributed by atoms with van der Waals surface area (Å²) in [5.74, 6) is -0.109. The Hall–Kier alpha value is -1.04. The lowest BCUT2D eigenvalue weighted by Crippen LogP contribution is -2.24. The van der Waals surface area contributed by atoms with E-state index in [9.17, 15) is 13.2 Å². The van der Waals surface area contributed by atoms with Gasteiger partial charge >= 0.3 is 6.18 Å². The number of hydrogen-bond acceptors (Lipinski definition) is 1. The first-order valence-corrected chi connectivity index (χ1v) is 6.02. The van der Waals surface area contributed by atoms with Crippen molar-refractivity contribution in [2.45, 2.75) is 32.5 Å². The smallest absolute Gasteiger partial charge is 0.383 e. The monoisotopic (exact) mass is 322 g/mol. The Balaban J connectivity index is 3.38. The molecule has 18 heavy (non-hydrogen) atoms. The maximum atomic E-state index is 12.9. The molecule has 0 fully saturated rings. The van der Waals surface area contributed by atoms with Gasteiger partial charge in [0.1, 0.15) is 5.84 Å². The summed E-state index contributed by atoms with van der Waals surface area (Å²) < 4.78 is 39.0. The van der Waals surface area contributed by atoms with Crippen LogP contribution in [0.3, 0.4) is 0 Å². The van der Waals surface area contributed by atoms with E-state index in [1.165, 1.54) is 12.1 Å². The molecule has 6 heteroatoms. The predicted octanol–water partition coefficient (Wildman–Crippen LogP) is 3.97. The highest BCUT2D eigenvalue weighted by atomic mass is 79.9. The van der Waals surface area contributed by atoms with Crippen molar-refractivity contribution in [2.75, 3.05) is 0 Å². The molecule has 0 radical (unpaired) electrons. The maximum Gasteiger partial charge on any atom is 0.417 e. The molecule has 0 bridgehead atoms. The van der Waals surface area contributed by atoms with Crippen molar-refractivity contribution < 1.29 is 13.2 Å². The van der Waals surface area contributed by atoms with Crippen molar-refractivity contribution in [1.82, 2.24) is 0 Å². The number of amidine groups is 1. The second kappa shape index (κ2) is 4.91. The lowest BCUT2D eigenvalue weighted by atomic mass is 10.0. The van der Waals surface area contributed by atoms with Crippen molar-refractivity contribution in [3.8, 4) is 0 Å². The third-order valence-electron chi connectivity index (χ3n) is 2.02. The fourth-order valence-electron chi connectivity index (χ4n) is 1.40. The highest BCUT2D eigenvalue weighted by Crippen LogP contribution is 2.34. The normalized spacial score (nSPS) is 13.8. The minimum absolute atomic E-state index is 0.0966. The lowest BCUT2D eigenvalue weighted by Gasteiger charge is -2.17. The highest BCUT2D eigenvalue weighted by Gasteiger charge is 2.34. The predicted molar refractivity (Wildman–Crippen MR) is 69.6 cm³/mol. The standard InChI is InChI=1S/C12H14BrF3N2/c1-11(2,3)18-10(17)8-5-4-7(13)6-9(8)12(14,15)16/h4-6H,1-3H3,(H2,17,18). The topological polar surface area (TPSA) is 38.4 Å². The second-order valence-corrected chi connectivity index (χ2v) is 5.77. The first-order valence-electron chi connectivity index (χ1n) is 5.23. The third kappa shape index (κ3) is 4.01. The summed E-state index contributed by atoms with van der Waals surface area (Å²) in [5, 5.41) is 0. The number of aliphatic imine (C=N–C) groups is 1. The number of halogens is 4. The summed E-state index contributed by atoms with van der Waals surface area (Å²) in [6.07, 6.45) is -4.46. The van der Waals surface area contributed by atoms with Gasteiger partial charge in [0.25, 0.3) is 0 Å². The number of alkyl halides is 3. The summed E-state index contributed by atoms with van der Waals surface area (Å²) in [7, 11) is 0. The maximum absolute atomic E-state index is 12.9. The number of hydrogen-bond donors (Lipinski definition) is 1. The van der Waals surface area contributed by atoms with Crippen LogP contribution in [-0.4, -0.2) is 11.4 Å². The van der Waals surface area contributed by atoms with Gasteiger partial charge in [-0.2, -0.15) is 13.2 Å². The average molecular weight is 323 g/mol. The van der Waals surface area contributed by atoms with Crippen LogP contribution in [0.1, 0.15) is 31.9 Å². The zero-order valence-corrected chi connectivity index (χ0v) is 11.9. The molecule has 100 valence electrons.